The van der Waals surface area contributed by atoms with Crippen LogP contribution >= 0.6 is 0 Å². The number of halogens is 17. The minimum atomic E-state index is -8.96. The van der Waals surface area contributed by atoms with Gasteiger partial charge < -0.3 is 8.92 Å². The van der Waals surface area contributed by atoms with E-state index in [1.807, 2.05) is 0 Å². The fourth-order valence-electron chi connectivity index (χ4n) is 2.31. The summed E-state index contributed by atoms with van der Waals surface area (Å²) < 4.78 is 257. The van der Waals surface area contributed by atoms with Crippen LogP contribution < -0.4 is 8.92 Å². The maximum absolute atomic E-state index is 14.1. The van der Waals surface area contributed by atoms with Gasteiger partial charge >= 0.3 is 57.1 Å². The predicted octanol–water partition coefficient (Wildman–Crippen LogP) is 6.18. The van der Waals surface area contributed by atoms with Crippen molar-refractivity contribution in [1.29, 1.82) is 0 Å². The Labute approximate surface area is 203 Å². The number of carbonyl (C=O) groups is 1. The van der Waals surface area contributed by atoms with Gasteiger partial charge in [0.05, 0.1) is 7.11 Å². The summed E-state index contributed by atoms with van der Waals surface area (Å²) in [7, 11) is -7.26. The second-order valence-corrected chi connectivity index (χ2v) is 8.61. The van der Waals surface area contributed by atoms with E-state index in [0.29, 0.717) is 19.2 Å². The van der Waals surface area contributed by atoms with Crippen LogP contribution in [-0.2, 0) is 10.1 Å². The van der Waals surface area contributed by atoms with Gasteiger partial charge in [-0.25, -0.2) is 0 Å². The average molecular weight is 634 g/mol. The van der Waals surface area contributed by atoms with Gasteiger partial charge in [0.25, 0.3) is 0 Å². The molecule has 1 aromatic rings. The van der Waals surface area contributed by atoms with Gasteiger partial charge in [-0.3, -0.25) is 4.79 Å². The second-order valence-electron chi connectivity index (χ2n) is 7.03. The van der Waals surface area contributed by atoms with Crippen molar-refractivity contribution >= 4 is 16.4 Å². The normalized spacial score (nSPS) is 15.2. The van der Waals surface area contributed by atoms with Crippen LogP contribution in [0.3, 0.4) is 0 Å². The molecule has 0 atom stereocenters. The molecule has 39 heavy (non-hydrogen) atoms. The molecule has 0 saturated heterocycles. The summed E-state index contributed by atoms with van der Waals surface area (Å²) in [6.45, 7) is 0. The number of hydrogen-bond donors (Lipinski definition) is 0. The lowest BCUT2D eigenvalue weighted by molar-refractivity contribution is -0.458. The van der Waals surface area contributed by atoms with Gasteiger partial charge in [-0.05, 0) is 18.2 Å². The van der Waals surface area contributed by atoms with Crippen LogP contribution in [0, 0.1) is 0 Å². The van der Waals surface area contributed by atoms with Crippen LogP contribution in [0.15, 0.2) is 18.2 Å². The first-order chi connectivity index (χ1) is 17.0. The minimum absolute atomic E-state index is 0.0816. The Balaban J connectivity index is 3.76. The molecule has 23 heteroatoms. The van der Waals surface area contributed by atoms with Crippen molar-refractivity contribution in [2.24, 2.45) is 0 Å². The Hall–Kier alpha value is -2.75. The fraction of sp³-hybridized carbons (Fsp3) is 0.562. The number of benzene rings is 1. The molecule has 1 aromatic carbocycles. The molecular formula is C16H7F17O5S. The van der Waals surface area contributed by atoms with Crippen LogP contribution in [0.4, 0.5) is 74.6 Å². The maximum Gasteiger partial charge on any atom is 0.460 e. The van der Waals surface area contributed by atoms with E-state index in [9.17, 15) is 87.8 Å². The van der Waals surface area contributed by atoms with Crippen molar-refractivity contribution in [3.05, 3.63) is 23.8 Å². The Kier molecular flexibility index (Phi) is 8.28. The van der Waals surface area contributed by atoms with Crippen molar-refractivity contribution in [2.45, 2.75) is 47.0 Å². The molecule has 0 radical (unpaired) electrons. The summed E-state index contributed by atoms with van der Waals surface area (Å²) >= 11 is 0. The summed E-state index contributed by atoms with van der Waals surface area (Å²) in [5.74, 6) is -55.1. The van der Waals surface area contributed by atoms with E-state index < -0.39 is 74.1 Å². The molecule has 0 aliphatic rings. The van der Waals surface area contributed by atoms with Crippen molar-refractivity contribution in [3.63, 3.8) is 0 Å². The number of methoxy groups -OCH3 is 1. The molecule has 0 unspecified atom stereocenters. The quantitative estimate of drug-likeness (QED) is 0.165. The molecule has 0 heterocycles. The average Bonchev–Trinajstić information content (AvgIpc) is 2.76. The van der Waals surface area contributed by atoms with Gasteiger partial charge in [0.15, 0.2) is 11.5 Å². The SMILES string of the molecule is COc1ccc(C=O)cc1OS(=O)(=O)C(F)(F)C(F)(F)C(F)(F)C(F)(F)C(F)(F)C(F)(F)C(F)(F)C(F)(F)F. The standard InChI is InChI=1S/C16H7F17O5S/c1-37-7-3-2-6(5-34)4-8(7)38-39(35,36)16(32,33)14(27,28)12(23,24)10(19,20)9(17,18)11(21,22)13(25,26)15(29,30)31/h2-5H,1H3. The zero-order valence-electron chi connectivity index (χ0n) is 17.7. The zero-order chi connectivity index (χ0) is 31.5. The highest BCUT2D eigenvalue weighted by Crippen LogP contribution is 2.64. The third kappa shape index (κ3) is 4.68. The van der Waals surface area contributed by atoms with E-state index in [2.05, 4.69) is 8.92 Å². The van der Waals surface area contributed by atoms with Crippen molar-refractivity contribution in [2.75, 3.05) is 7.11 Å². The molecule has 0 aliphatic heterocycles. The van der Waals surface area contributed by atoms with E-state index in [0.717, 1.165) is 0 Å². The Morgan fingerprint density at radius 2 is 1.00 bits per heavy atom. The van der Waals surface area contributed by atoms with Crippen LogP contribution in [0.1, 0.15) is 10.4 Å². The van der Waals surface area contributed by atoms with E-state index >= 15 is 0 Å². The molecule has 0 aromatic heterocycles. The van der Waals surface area contributed by atoms with Gasteiger partial charge in [0.2, 0.25) is 0 Å². The molecule has 0 bridgehead atoms. The number of carbonyl (C=O) groups excluding carboxylic acids is 1. The Morgan fingerprint density at radius 3 is 1.36 bits per heavy atom. The maximum atomic E-state index is 14.1. The first kappa shape index (κ1) is 34.3. The smallest absolute Gasteiger partial charge is 0.460 e. The predicted molar refractivity (Wildman–Crippen MR) is 88.6 cm³/mol. The van der Waals surface area contributed by atoms with Gasteiger partial charge in [-0.15, -0.1) is 0 Å². The van der Waals surface area contributed by atoms with Gasteiger partial charge in [-0.1, -0.05) is 0 Å². The first-order valence-corrected chi connectivity index (χ1v) is 10.2. The topological polar surface area (TPSA) is 69.7 Å². The number of ether oxygens (including phenoxy) is 1. The summed E-state index contributed by atoms with van der Waals surface area (Å²) in [6, 6.07) is 1.29. The molecule has 0 saturated carbocycles. The number of rotatable bonds is 11. The minimum Gasteiger partial charge on any atom is -0.493 e. The molecule has 0 amide bonds. The van der Waals surface area contributed by atoms with Crippen LogP contribution in [0.5, 0.6) is 11.5 Å². The highest BCUT2D eigenvalue weighted by Gasteiger charge is 2.96. The summed E-state index contributed by atoms with van der Waals surface area (Å²) in [5.41, 5.74) is -0.736. The first-order valence-electron chi connectivity index (χ1n) is 8.75. The molecule has 0 aliphatic carbocycles. The third-order valence-electron chi connectivity index (χ3n) is 4.53. The third-order valence-corrected chi connectivity index (χ3v) is 5.81. The Bertz CT molecular complexity index is 1190. The molecule has 5 nitrogen and oxygen atoms in total. The summed E-state index contributed by atoms with van der Waals surface area (Å²) in [4.78, 5) is 10.7. The molecule has 0 fully saturated rings. The van der Waals surface area contributed by atoms with Crippen LogP contribution in [0.2, 0.25) is 0 Å². The highest BCUT2D eigenvalue weighted by atomic mass is 32.2. The lowest BCUT2D eigenvalue weighted by Gasteiger charge is -2.42. The van der Waals surface area contributed by atoms with Crippen LogP contribution in [-0.4, -0.2) is 68.8 Å². The number of hydrogen-bond acceptors (Lipinski definition) is 5. The van der Waals surface area contributed by atoms with Gasteiger partial charge in [-0.2, -0.15) is 83.1 Å². The van der Waals surface area contributed by atoms with Crippen molar-refractivity contribution < 1.29 is 96.8 Å². The molecule has 0 N–H and O–H groups in total. The number of alkyl halides is 17. The Morgan fingerprint density at radius 1 is 0.615 bits per heavy atom. The summed E-state index contributed by atoms with van der Waals surface area (Å²) in [6.07, 6.45) is -8.12. The van der Waals surface area contributed by atoms with E-state index in [4.69, 9.17) is 0 Å². The zero-order valence-corrected chi connectivity index (χ0v) is 18.5. The molecule has 226 valence electrons. The summed E-state index contributed by atoms with van der Waals surface area (Å²) in [5, 5.41) is -7.87. The van der Waals surface area contributed by atoms with E-state index in [1.54, 1.807) is 0 Å². The van der Waals surface area contributed by atoms with Crippen molar-refractivity contribution in [1.82, 2.24) is 0 Å². The van der Waals surface area contributed by atoms with Crippen LogP contribution in [0.25, 0.3) is 0 Å². The molecule has 0 spiro atoms. The second kappa shape index (κ2) is 9.42. The van der Waals surface area contributed by atoms with Crippen molar-refractivity contribution in [3.8, 4) is 11.5 Å². The lowest BCUT2D eigenvalue weighted by Crippen LogP contribution is -2.75. The number of aldehydes is 1. The largest absolute Gasteiger partial charge is 0.493 e. The van der Waals surface area contributed by atoms with E-state index in [-0.39, 0.29) is 12.4 Å². The highest BCUT2D eigenvalue weighted by molar-refractivity contribution is 7.88. The van der Waals surface area contributed by atoms with Gasteiger partial charge in [0, 0.05) is 5.56 Å². The molecular weight excluding hydrogens is 627 g/mol. The van der Waals surface area contributed by atoms with Gasteiger partial charge in [0.1, 0.15) is 6.29 Å². The van der Waals surface area contributed by atoms with E-state index in [1.165, 1.54) is 0 Å². The molecule has 1 rings (SSSR count). The monoisotopic (exact) mass is 634 g/mol. The fourth-order valence-corrected chi connectivity index (χ4v) is 3.22. The lowest BCUT2D eigenvalue weighted by atomic mass is 9.91.